The van der Waals surface area contributed by atoms with Crippen LogP contribution in [0.3, 0.4) is 0 Å². The summed E-state index contributed by atoms with van der Waals surface area (Å²) in [6.45, 7) is 7.46. The zero-order valence-corrected chi connectivity index (χ0v) is 10.7. The summed E-state index contributed by atoms with van der Waals surface area (Å²) in [6.07, 6.45) is 1.83. The van der Waals surface area contributed by atoms with Gasteiger partial charge in [-0.25, -0.2) is 0 Å². The maximum Gasteiger partial charge on any atom is 0.223 e. The molecular weight excluding hydrogens is 204 g/mol. The van der Waals surface area contributed by atoms with Gasteiger partial charge in [-0.1, -0.05) is 13.8 Å². The summed E-state index contributed by atoms with van der Waals surface area (Å²) in [6, 6.07) is 0. The number of hydrogen-bond acceptors (Lipinski definition) is 3. The Bertz CT molecular complexity index is 219. The molecule has 0 aromatic carbocycles. The van der Waals surface area contributed by atoms with E-state index in [1.54, 1.807) is 0 Å². The van der Waals surface area contributed by atoms with Crippen LogP contribution in [0, 0.1) is 5.92 Å². The van der Waals surface area contributed by atoms with Crippen LogP contribution >= 0.6 is 0 Å². The Morgan fingerprint density at radius 2 is 2.31 bits per heavy atom. The highest BCUT2D eigenvalue weighted by molar-refractivity contribution is 5.76. The number of carbonyl (C=O) groups excluding carboxylic acids is 1. The lowest BCUT2D eigenvalue weighted by molar-refractivity contribution is -0.130. The number of carbonyl (C=O) groups is 1. The van der Waals surface area contributed by atoms with Gasteiger partial charge < -0.3 is 15.0 Å². The molecule has 4 nitrogen and oxygen atoms in total. The van der Waals surface area contributed by atoms with Crippen LogP contribution in [0.4, 0.5) is 0 Å². The van der Waals surface area contributed by atoms with Crippen molar-refractivity contribution < 1.29 is 9.53 Å². The molecule has 1 amide bonds. The first-order valence-electron chi connectivity index (χ1n) is 6.17. The highest BCUT2D eigenvalue weighted by atomic mass is 16.5. The quantitative estimate of drug-likeness (QED) is 0.733. The fourth-order valence-corrected chi connectivity index (χ4v) is 1.81. The lowest BCUT2D eigenvalue weighted by Gasteiger charge is -2.17. The van der Waals surface area contributed by atoms with E-state index in [2.05, 4.69) is 19.2 Å². The Balaban J connectivity index is 2.21. The zero-order chi connectivity index (χ0) is 12.0. The second-order valence-electron chi connectivity index (χ2n) is 4.83. The third kappa shape index (κ3) is 4.49. The summed E-state index contributed by atoms with van der Waals surface area (Å²) < 4.78 is 5.74. The van der Waals surface area contributed by atoms with E-state index in [9.17, 15) is 4.79 Å². The maximum atomic E-state index is 11.7. The zero-order valence-electron chi connectivity index (χ0n) is 10.7. The van der Waals surface area contributed by atoms with Crippen LogP contribution in [0.5, 0.6) is 0 Å². The number of hydrogen-bond donors (Lipinski definition) is 1. The molecule has 1 atom stereocenters. The van der Waals surface area contributed by atoms with Crippen molar-refractivity contribution in [1.82, 2.24) is 10.2 Å². The van der Waals surface area contributed by atoms with E-state index in [1.807, 2.05) is 11.9 Å². The second-order valence-corrected chi connectivity index (χ2v) is 4.83. The summed E-state index contributed by atoms with van der Waals surface area (Å²) in [5, 5.41) is 2.99. The van der Waals surface area contributed by atoms with Crippen molar-refractivity contribution in [3.05, 3.63) is 0 Å². The van der Waals surface area contributed by atoms with Crippen molar-refractivity contribution >= 4 is 5.91 Å². The van der Waals surface area contributed by atoms with Gasteiger partial charge in [0.1, 0.15) is 0 Å². The van der Waals surface area contributed by atoms with Crippen LogP contribution in [-0.4, -0.2) is 50.2 Å². The average molecular weight is 228 g/mol. The van der Waals surface area contributed by atoms with Crippen LogP contribution in [0.15, 0.2) is 0 Å². The molecule has 4 heteroatoms. The van der Waals surface area contributed by atoms with Crippen molar-refractivity contribution in [1.29, 1.82) is 0 Å². The van der Waals surface area contributed by atoms with Gasteiger partial charge in [0.25, 0.3) is 0 Å². The third-order valence-electron chi connectivity index (χ3n) is 2.75. The Hall–Kier alpha value is -0.610. The number of rotatable bonds is 6. The SMILES string of the molecule is CNCCC(=O)N1CCC(OCC(C)C)C1. The Morgan fingerprint density at radius 3 is 2.94 bits per heavy atom. The molecular formula is C12H24N2O2. The van der Waals surface area contributed by atoms with Crippen molar-refractivity contribution in [3.63, 3.8) is 0 Å². The Morgan fingerprint density at radius 1 is 1.56 bits per heavy atom. The summed E-state index contributed by atoms with van der Waals surface area (Å²) in [7, 11) is 1.87. The van der Waals surface area contributed by atoms with Crippen molar-refractivity contribution in [2.24, 2.45) is 5.92 Å². The molecule has 0 aromatic heterocycles. The number of nitrogens with zero attached hydrogens (tertiary/aromatic N) is 1. The van der Waals surface area contributed by atoms with Crippen LogP contribution < -0.4 is 5.32 Å². The van der Waals surface area contributed by atoms with E-state index in [-0.39, 0.29) is 12.0 Å². The minimum Gasteiger partial charge on any atom is -0.376 e. The van der Waals surface area contributed by atoms with Crippen molar-refractivity contribution in [3.8, 4) is 0 Å². The van der Waals surface area contributed by atoms with Crippen molar-refractivity contribution in [2.45, 2.75) is 32.8 Å². The molecule has 0 radical (unpaired) electrons. The van der Waals surface area contributed by atoms with Gasteiger partial charge in [0.05, 0.1) is 6.10 Å². The largest absolute Gasteiger partial charge is 0.376 e. The first kappa shape index (κ1) is 13.5. The lowest BCUT2D eigenvalue weighted by Crippen LogP contribution is -2.32. The molecule has 1 rings (SSSR count). The molecule has 1 unspecified atom stereocenters. The fourth-order valence-electron chi connectivity index (χ4n) is 1.81. The molecule has 16 heavy (non-hydrogen) atoms. The molecule has 1 N–H and O–H groups in total. The van der Waals surface area contributed by atoms with E-state index >= 15 is 0 Å². The van der Waals surface area contributed by atoms with Gasteiger partial charge in [-0.3, -0.25) is 4.79 Å². The minimum absolute atomic E-state index is 0.241. The maximum absolute atomic E-state index is 11.7. The number of amides is 1. The molecule has 94 valence electrons. The van der Waals surface area contributed by atoms with E-state index in [0.717, 1.165) is 32.7 Å². The predicted octanol–water partition coefficient (Wildman–Crippen LogP) is 0.869. The van der Waals surface area contributed by atoms with Crippen LogP contribution in [-0.2, 0) is 9.53 Å². The number of likely N-dealkylation sites (tertiary alicyclic amines) is 1. The van der Waals surface area contributed by atoms with Crippen molar-refractivity contribution in [2.75, 3.05) is 33.3 Å². The van der Waals surface area contributed by atoms with Gasteiger partial charge in [0.2, 0.25) is 5.91 Å². The van der Waals surface area contributed by atoms with E-state index in [1.165, 1.54) is 0 Å². The summed E-state index contributed by atoms with van der Waals surface area (Å²) in [5.74, 6) is 0.805. The molecule has 0 saturated carbocycles. The van der Waals surface area contributed by atoms with E-state index < -0.39 is 0 Å². The number of nitrogens with one attached hydrogen (secondary N) is 1. The minimum atomic E-state index is 0.241. The van der Waals surface area contributed by atoms with Gasteiger partial charge in [0.15, 0.2) is 0 Å². The molecule has 1 fully saturated rings. The van der Waals surface area contributed by atoms with E-state index in [0.29, 0.717) is 12.3 Å². The summed E-state index contributed by atoms with van der Waals surface area (Å²) in [5.41, 5.74) is 0. The normalized spacial score (nSPS) is 20.8. The summed E-state index contributed by atoms with van der Waals surface area (Å²) in [4.78, 5) is 13.6. The monoisotopic (exact) mass is 228 g/mol. The molecule has 0 aromatic rings. The first-order chi connectivity index (χ1) is 7.63. The van der Waals surface area contributed by atoms with Gasteiger partial charge >= 0.3 is 0 Å². The molecule has 0 aliphatic carbocycles. The molecule has 0 bridgehead atoms. The topological polar surface area (TPSA) is 41.6 Å². The van der Waals surface area contributed by atoms with Crippen LogP contribution in [0.25, 0.3) is 0 Å². The molecule has 1 heterocycles. The standard InChI is InChI=1S/C12H24N2O2/c1-10(2)9-16-11-5-7-14(8-11)12(15)4-6-13-3/h10-11,13H,4-9H2,1-3H3. The predicted molar refractivity (Wildman–Crippen MR) is 64.3 cm³/mol. The van der Waals surface area contributed by atoms with Gasteiger partial charge in [0, 0.05) is 32.7 Å². The molecule has 0 spiro atoms. The van der Waals surface area contributed by atoms with E-state index in [4.69, 9.17) is 4.74 Å². The number of ether oxygens (including phenoxy) is 1. The van der Waals surface area contributed by atoms with Gasteiger partial charge in [-0.2, -0.15) is 0 Å². The molecule has 1 saturated heterocycles. The summed E-state index contributed by atoms with van der Waals surface area (Å²) >= 11 is 0. The lowest BCUT2D eigenvalue weighted by atomic mass is 10.2. The van der Waals surface area contributed by atoms with Gasteiger partial charge in [-0.15, -0.1) is 0 Å². The third-order valence-corrected chi connectivity index (χ3v) is 2.75. The first-order valence-corrected chi connectivity index (χ1v) is 6.17. The van der Waals surface area contributed by atoms with Crippen LogP contribution in [0.2, 0.25) is 0 Å². The Labute approximate surface area is 98.3 Å². The average Bonchev–Trinajstić information content (AvgIpc) is 2.71. The van der Waals surface area contributed by atoms with Gasteiger partial charge in [-0.05, 0) is 19.4 Å². The van der Waals surface area contributed by atoms with Crippen LogP contribution in [0.1, 0.15) is 26.7 Å². The molecule has 1 aliphatic heterocycles. The smallest absolute Gasteiger partial charge is 0.223 e. The highest BCUT2D eigenvalue weighted by Gasteiger charge is 2.26. The molecule has 1 aliphatic rings. The fraction of sp³-hybridized carbons (Fsp3) is 0.917. The second kappa shape index (κ2) is 6.86. The highest BCUT2D eigenvalue weighted by Crippen LogP contribution is 2.14. The Kier molecular flexibility index (Phi) is 5.77.